The standard InChI is InChI=1S/C6H10O2/c1-3-5(4-2)6(7)8/h3H,4H2,1-2H3,(H,7,8)/p-1/b5-3-. The van der Waals surface area contributed by atoms with E-state index in [-0.39, 0.29) is 0 Å². The van der Waals surface area contributed by atoms with Gasteiger partial charge in [-0.15, -0.1) is 0 Å². The van der Waals surface area contributed by atoms with Crippen molar-refractivity contribution in [3.05, 3.63) is 11.6 Å². The van der Waals surface area contributed by atoms with E-state index in [9.17, 15) is 9.90 Å². The molecule has 0 rings (SSSR count). The second-order valence-corrected chi connectivity index (χ2v) is 1.45. The molecule has 0 aromatic rings. The first-order valence-electron chi connectivity index (χ1n) is 2.58. The fourth-order valence-electron chi connectivity index (χ4n) is 0.466. The highest BCUT2D eigenvalue weighted by Crippen LogP contribution is 1.95. The molecule has 0 aliphatic rings. The molecule has 0 aliphatic carbocycles. The van der Waals surface area contributed by atoms with E-state index in [4.69, 9.17) is 0 Å². The molecule has 0 fully saturated rings. The quantitative estimate of drug-likeness (QED) is 0.476. The highest BCUT2D eigenvalue weighted by Gasteiger charge is 1.88. The Kier molecular flexibility index (Phi) is 2.92. The Balaban J connectivity index is 3.92. The molecule has 8 heavy (non-hydrogen) atoms. The van der Waals surface area contributed by atoms with Gasteiger partial charge in [-0.1, -0.05) is 13.0 Å². The van der Waals surface area contributed by atoms with Crippen molar-refractivity contribution in [2.45, 2.75) is 20.3 Å². The molecule has 0 heterocycles. The van der Waals surface area contributed by atoms with E-state index >= 15 is 0 Å². The van der Waals surface area contributed by atoms with Gasteiger partial charge in [-0.3, -0.25) is 0 Å². The van der Waals surface area contributed by atoms with Gasteiger partial charge in [0.1, 0.15) is 0 Å². The average molecular weight is 113 g/mol. The summed E-state index contributed by atoms with van der Waals surface area (Å²) >= 11 is 0. The summed E-state index contributed by atoms with van der Waals surface area (Å²) in [7, 11) is 0. The van der Waals surface area contributed by atoms with E-state index in [1.165, 1.54) is 0 Å². The second kappa shape index (κ2) is 3.24. The molecule has 0 aliphatic heterocycles. The van der Waals surface area contributed by atoms with Crippen LogP contribution in [0.3, 0.4) is 0 Å². The predicted octanol–water partition coefficient (Wildman–Crippen LogP) is 0.0926. The van der Waals surface area contributed by atoms with Crippen LogP contribution in [0.1, 0.15) is 20.3 Å². The first kappa shape index (κ1) is 7.21. The lowest BCUT2D eigenvalue weighted by Crippen LogP contribution is -2.23. The smallest absolute Gasteiger partial charge is 0.0671 e. The summed E-state index contributed by atoms with van der Waals surface area (Å²) < 4.78 is 0. The molecule has 0 aromatic heterocycles. The summed E-state index contributed by atoms with van der Waals surface area (Å²) in [5.41, 5.74) is 0.366. The molecular weight excluding hydrogens is 104 g/mol. The molecule has 0 amide bonds. The maximum Gasteiger partial charge on any atom is 0.0671 e. The first-order chi connectivity index (χ1) is 3.72. The van der Waals surface area contributed by atoms with Crippen LogP contribution in [0.5, 0.6) is 0 Å². The topological polar surface area (TPSA) is 40.1 Å². The molecule has 0 spiro atoms. The lowest BCUT2D eigenvalue weighted by molar-refractivity contribution is -0.299. The summed E-state index contributed by atoms with van der Waals surface area (Å²) in [6.07, 6.45) is 2.09. The van der Waals surface area contributed by atoms with Crippen molar-refractivity contribution in [3.8, 4) is 0 Å². The monoisotopic (exact) mass is 113 g/mol. The summed E-state index contributed by atoms with van der Waals surface area (Å²) in [4.78, 5) is 9.98. The summed E-state index contributed by atoms with van der Waals surface area (Å²) in [6, 6.07) is 0. The maximum absolute atomic E-state index is 9.98. The third-order valence-electron chi connectivity index (χ3n) is 0.992. The molecule has 0 atom stereocenters. The number of allylic oxidation sites excluding steroid dienone is 1. The SMILES string of the molecule is C/C=C(/CC)C(=O)[O-]. The van der Waals surface area contributed by atoms with Gasteiger partial charge in [0, 0.05) is 0 Å². The lowest BCUT2D eigenvalue weighted by Gasteiger charge is -2.01. The van der Waals surface area contributed by atoms with Crippen LogP contribution in [0.4, 0.5) is 0 Å². The Hall–Kier alpha value is -0.790. The van der Waals surface area contributed by atoms with Crippen LogP contribution in [-0.4, -0.2) is 5.97 Å². The zero-order valence-electron chi connectivity index (χ0n) is 5.10. The van der Waals surface area contributed by atoms with Crippen LogP contribution in [0.15, 0.2) is 11.6 Å². The van der Waals surface area contributed by atoms with Crippen LogP contribution in [-0.2, 0) is 4.79 Å². The van der Waals surface area contributed by atoms with Gasteiger partial charge in [0.05, 0.1) is 5.97 Å². The van der Waals surface area contributed by atoms with Gasteiger partial charge in [0.15, 0.2) is 0 Å². The number of hydrogen-bond donors (Lipinski definition) is 0. The van der Waals surface area contributed by atoms with Crippen molar-refractivity contribution < 1.29 is 9.90 Å². The third-order valence-corrected chi connectivity index (χ3v) is 0.992. The normalized spacial score (nSPS) is 11.5. The first-order valence-corrected chi connectivity index (χ1v) is 2.58. The Morgan fingerprint density at radius 2 is 2.25 bits per heavy atom. The minimum atomic E-state index is -1.06. The molecule has 0 radical (unpaired) electrons. The van der Waals surface area contributed by atoms with Crippen LogP contribution in [0.25, 0.3) is 0 Å². The Morgan fingerprint density at radius 3 is 2.25 bits per heavy atom. The molecule has 0 saturated heterocycles. The zero-order chi connectivity index (χ0) is 6.57. The number of aliphatic carboxylic acids is 1. The molecule has 2 nitrogen and oxygen atoms in total. The van der Waals surface area contributed by atoms with Crippen molar-refractivity contribution in [1.82, 2.24) is 0 Å². The Bertz CT molecular complexity index is 114. The number of carbonyl (C=O) groups is 1. The van der Waals surface area contributed by atoms with Crippen LogP contribution >= 0.6 is 0 Å². The molecule has 0 aromatic carbocycles. The fourth-order valence-corrected chi connectivity index (χ4v) is 0.466. The van der Waals surface area contributed by atoms with Crippen molar-refractivity contribution in [3.63, 3.8) is 0 Å². The van der Waals surface area contributed by atoms with E-state index in [0.29, 0.717) is 12.0 Å². The molecular formula is C6H9O2-. The number of carbonyl (C=O) groups excluding carboxylic acids is 1. The number of carboxylic acids is 1. The van der Waals surface area contributed by atoms with E-state index in [0.717, 1.165) is 0 Å². The number of rotatable bonds is 2. The van der Waals surface area contributed by atoms with E-state index in [2.05, 4.69) is 0 Å². The summed E-state index contributed by atoms with van der Waals surface area (Å²) in [5, 5.41) is 9.98. The van der Waals surface area contributed by atoms with Crippen LogP contribution in [0, 0.1) is 0 Å². The van der Waals surface area contributed by atoms with Crippen LogP contribution in [0.2, 0.25) is 0 Å². The van der Waals surface area contributed by atoms with Crippen molar-refractivity contribution in [2.75, 3.05) is 0 Å². The molecule has 0 N–H and O–H groups in total. The highest BCUT2D eigenvalue weighted by atomic mass is 16.4. The lowest BCUT2D eigenvalue weighted by atomic mass is 10.2. The van der Waals surface area contributed by atoms with Gasteiger partial charge in [-0.05, 0) is 18.9 Å². The summed E-state index contributed by atoms with van der Waals surface area (Å²) in [5.74, 6) is -1.06. The van der Waals surface area contributed by atoms with Crippen molar-refractivity contribution >= 4 is 5.97 Å². The van der Waals surface area contributed by atoms with Crippen LogP contribution < -0.4 is 5.11 Å². The summed E-state index contributed by atoms with van der Waals surface area (Å²) in [6.45, 7) is 3.47. The highest BCUT2D eigenvalue weighted by molar-refractivity contribution is 5.84. The third kappa shape index (κ3) is 1.78. The minimum absolute atomic E-state index is 0.366. The zero-order valence-corrected chi connectivity index (χ0v) is 5.10. The predicted molar refractivity (Wildman–Crippen MR) is 29.1 cm³/mol. The molecule has 2 heteroatoms. The van der Waals surface area contributed by atoms with Gasteiger partial charge < -0.3 is 9.90 Å². The van der Waals surface area contributed by atoms with E-state index < -0.39 is 5.97 Å². The van der Waals surface area contributed by atoms with E-state index in [1.807, 2.05) is 0 Å². The molecule has 0 bridgehead atoms. The number of hydrogen-bond acceptors (Lipinski definition) is 2. The maximum atomic E-state index is 9.98. The second-order valence-electron chi connectivity index (χ2n) is 1.45. The van der Waals surface area contributed by atoms with E-state index in [1.54, 1.807) is 19.9 Å². The minimum Gasteiger partial charge on any atom is -0.545 e. The number of carboxylic acid groups (broad SMARTS) is 1. The average Bonchev–Trinajstić information content (AvgIpc) is 1.69. The van der Waals surface area contributed by atoms with Gasteiger partial charge in [0.2, 0.25) is 0 Å². The Morgan fingerprint density at radius 1 is 1.75 bits per heavy atom. The molecule has 0 saturated carbocycles. The van der Waals surface area contributed by atoms with Gasteiger partial charge in [-0.25, -0.2) is 0 Å². The van der Waals surface area contributed by atoms with Gasteiger partial charge in [0.25, 0.3) is 0 Å². The van der Waals surface area contributed by atoms with Crippen molar-refractivity contribution in [1.29, 1.82) is 0 Å². The van der Waals surface area contributed by atoms with Gasteiger partial charge in [-0.2, -0.15) is 0 Å². The largest absolute Gasteiger partial charge is 0.545 e. The molecule has 0 unspecified atom stereocenters. The Labute approximate surface area is 48.8 Å². The van der Waals surface area contributed by atoms with Crippen molar-refractivity contribution in [2.24, 2.45) is 0 Å². The molecule has 46 valence electrons. The fraction of sp³-hybridized carbons (Fsp3) is 0.500. The van der Waals surface area contributed by atoms with Gasteiger partial charge >= 0.3 is 0 Å².